The summed E-state index contributed by atoms with van der Waals surface area (Å²) >= 11 is 0. The highest BCUT2D eigenvalue weighted by atomic mass is 32.2. The zero-order chi connectivity index (χ0) is 15.6. The molecule has 0 saturated heterocycles. The van der Waals surface area contributed by atoms with Gasteiger partial charge in [0.1, 0.15) is 0 Å². The van der Waals surface area contributed by atoms with Crippen molar-refractivity contribution < 1.29 is 14.1 Å². The van der Waals surface area contributed by atoms with E-state index in [4.69, 9.17) is 0 Å². The molecule has 0 radical (unpaired) electrons. The first-order valence-corrected chi connectivity index (χ1v) is 7.72. The van der Waals surface area contributed by atoms with E-state index in [1.54, 1.807) is 13.8 Å². The van der Waals surface area contributed by atoms with E-state index in [0.717, 1.165) is 5.56 Å². The second-order valence-electron chi connectivity index (χ2n) is 6.11. The molecule has 112 valence electrons. The number of hydrogen-bond acceptors (Lipinski definition) is 2. The number of benzene rings is 1. The minimum absolute atomic E-state index is 0.464. The van der Waals surface area contributed by atoms with E-state index in [-0.39, 0.29) is 0 Å². The number of nitrogens with one attached hydrogen (secondary N) is 1. The van der Waals surface area contributed by atoms with Crippen molar-refractivity contribution in [2.24, 2.45) is 5.92 Å². The van der Waals surface area contributed by atoms with Gasteiger partial charge in [-0.2, -0.15) is 0 Å². The highest BCUT2D eigenvalue weighted by Crippen LogP contribution is 2.31. The van der Waals surface area contributed by atoms with Gasteiger partial charge in [-0.25, -0.2) is 8.93 Å². The molecule has 20 heavy (non-hydrogen) atoms. The fourth-order valence-corrected chi connectivity index (χ4v) is 2.76. The van der Waals surface area contributed by atoms with Crippen LogP contribution in [0.5, 0.6) is 0 Å². The number of aliphatic carboxylic acids is 1. The minimum Gasteiger partial charge on any atom is -0.481 e. The molecule has 3 atom stereocenters. The average Bonchev–Trinajstić information content (AvgIpc) is 2.37. The summed E-state index contributed by atoms with van der Waals surface area (Å²) < 4.78 is 14.9. The third-order valence-electron chi connectivity index (χ3n) is 3.47. The topological polar surface area (TPSA) is 66.4 Å². The van der Waals surface area contributed by atoms with Crippen LogP contribution in [0.2, 0.25) is 0 Å². The molecule has 0 aliphatic carbocycles. The molecule has 0 saturated carbocycles. The molecule has 0 heterocycles. The van der Waals surface area contributed by atoms with Crippen LogP contribution in [0.15, 0.2) is 30.3 Å². The SMILES string of the molecule is C[C@H](C(=O)O)[C@](C)(NS(=O)C(C)(C)C)c1ccccc1. The second-order valence-corrected chi connectivity index (χ2v) is 8.08. The van der Waals surface area contributed by atoms with Gasteiger partial charge in [0.05, 0.1) is 27.2 Å². The molecular formula is C15H23NO3S. The molecule has 1 rings (SSSR count). The Hall–Kier alpha value is -1.20. The predicted molar refractivity (Wildman–Crippen MR) is 81.6 cm³/mol. The van der Waals surface area contributed by atoms with Crippen LogP contribution in [-0.2, 0) is 21.3 Å². The largest absolute Gasteiger partial charge is 0.481 e. The lowest BCUT2D eigenvalue weighted by atomic mass is 9.81. The van der Waals surface area contributed by atoms with Gasteiger partial charge < -0.3 is 5.11 Å². The van der Waals surface area contributed by atoms with Crippen LogP contribution >= 0.6 is 0 Å². The van der Waals surface area contributed by atoms with Crippen molar-refractivity contribution in [1.82, 2.24) is 4.72 Å². The molecule has 4 nitrogen and oxygen atoms in total. The summed E-state index contributed by atoms with van der Waals surface area (Å²) in [6, 6.07) is 9.28. The number of hydrogen-bond donors (Lipinski definition) is 2. The highest BCUT2D eigenvalue weighted by Gasteiger charge is 2.40. The van der Waals surface area contributed by atoms with E-state index in [2.05, 4.69) is 4.72 Å². The molecule has 1 aromatic carbocycles. The molecule has 0 amide bonds. The Morgan fingerprint density at radius 3 is 2.10 bits per heavy atom. The van der Waals surface area contributed by atoms with Gasteiger partial charge in [0, 0.05) is 0 Å². The summed E-state index contributed by atoms with van der Waals surface area (Å²) in [5.74, 6) is -1.63. The normalized spacial score (nSPS) is 18.1. The van der Waals surface area contributed by atoms with E-state index < -0.39 is 33.2 Å². The maximum Gasteiger partial charge on any atom is 0.308 e. The summed E-state index contributed by atoms with van der Waals surface area (Å²) in [5.41, 5.74) is -0.0851. The van der Waals surface area contributed by atoms with Gasteiger partial charge in [-0.05, 0) is 40.2 Å². The number of carbonyl (C=O) groups is 1. The van der Waals surface area contributed by atoms with Crippen molar-refractivity contribution in [2.75, 3.05) is 0 Å². The fourth-order valence-electron chi connectivity index (χ4n) is 1.77. The van der Waals surface area contributed by atoms with Gasteiger partial charge in [-0.1, -0.05) is 30.3 Å². The first-order chi connectivity index (χ1) is 9.09. The van der Waals surface area contributed by atoms with Gasteiger partial charge in [0.15, 0.2) is 0 Å². The highest BCUT2D eigenvalue weighted by molar-refractivity contribution is 7.84. The lowest BCUT2D eigenvalue weighted by Gasteiger charge is -2.36. The zero-order valence-electron chi connectivity index (χ0n) is 12.6. The number of carboxylic acids is 1. The fraction of sp³-hybridized carbons (Fsp3) is 0.533. The first kappa shape index (κ1) is 16.9. The maximum atomic E-state index is 12.4. The van der Waals surface area contributed by atoms with Crippen molar-refractivity contribution in [2.45, 2.75) is 44.9 Å². The van der Waals surface area contributed by atoms with Gasteiger partial charge in [-0.15, -0.1) is 0 Å². The molecule has 0 bridgehead atoms. The van der Waals surface area contributed by atoms with Gasteiger partial charge >= 0.3 is 5.97 Å². The van der Waals surface area contributed by atoms with Crippen LogP contribution in [0.25, 0.3) is 0 Å². The Morgan fingerprint density at radius 2 is 1.70 bits per heavy atom. The summed E-state index contributed by atoms with van der Waals surface area (Å²) in [7, 11) is -1.36. The second kappa shape index (κ2) is 6.06. The summed E-state index contributed by atoms with van der Waals surface area (Å²) in [6.07, 6.45) is 0. The van der Waals surface area contributed by atoms with E-state index in [9.17, 15) is 14.1 Å². The van der Waals surface area contributed by atoms with Crippen LogP contribution < -0.4 is 4.72 Å². The van der Waals surface area contributed by atoms with E-state index >= 15 is 0 Å². The van der Waals surface area contributed by atoms with Crippen molar-refractivity contribution >= 4 is 17.0 Å². The van der Waals surface area contributed by atoms with Crippen LogP contribution in [0.4, 0.5) is 0 Å². The summed E-state index contributed by atoms with van der Waals surface area (Å²) in [6.45, 7) is 8.97. The Bertz CT molecular complexity index is 496. The predicted octanol–water partition coefficient (Wildman–Crippen LogP) is 2.67. The quantitative estimate of drug-likeness (QED) is 0.878. The number of rotatable bonds is 5. The van der Waals surface area contributed by atoms with Crippen LogP contribution in [0.3, 0.4) is 0 Å². The van der Waals surface area contributed by atoms with Gasteiger partial charge in [0.2, 0.25) is 0 Å². The van der Waals surface area contributed by atoms with Gasteiger partial charge in [0.25, 0.3) is 0 Å². The first-order valence-electron chi connectivity index (χ1n) is 6.57. The Labute approximate surface area is 123 Å². The standard InChI is InChI=1S/C15H23NO3S/c1-11(13(17)18)15(5,12-9-7-6-8-10-12)16-20(19)14(2,3)4/h6-11,16H,1-5H3,(H,17,18)/t11-,15+,20?/m1/s1. The van der Waals surface area contributed by atoms with Crippen LogP contribution in [-0.4, -0.2) is 20.0 Å². The summed E-state index contributed by atoms with van der Waals surface area (Å²) in [5, 5.41) is 9.36. The van der Waals surface area contributed by atoms with Crippen LogP contribution in [0.1, 0.15) is 40.2 Å². The molecule has 1 unspecified atom stereocenters. The number of carboxylic acid groups (broad SMARTS) is 1. The molecule has 0 aliphatic heterocycles. The Morgan fingerprint density at radius 1 is 1.20 bits per heavy atom. The molecular weight excluding hydrogens is 274 g/mol. The molecule has 0 fully saturated rings. The van der Waals surface area contributed by atoms with E-state index in [0.29, 0.717) is 0 Å². The van der Waals surface area contributed by atoms with Crippen LogP contribution in [0, 0.1) is 5.92 Å². The molecule has 5 heteroatoms. The third-order valence-corrected chi connectivity index (χ3v) is 5.19. The molecule has 0 aliphatic rings. The monoisotopic (exact) mass is 297 g/mol. The van der Waals surface area contributed by atoms with Crippen molar-refractivity contribution in [1.29, 1.82) is 0 Å². The third kappa shape index (κ3) is 3.67. The van der Waals surface area contributed by atoms with Crippen molar-refractivity contribution in [3.05, 3.63) is 35.9 Å². The van der Waals surface area contributed by atoms with E-state index in [1.165, 1.54) is 0 Å². The van der Waals surface area contributed by atoms with E-state index in [1.807, 2.05) is 51.1 Å². The molecule has 1 aromatic rings. The molecule has 2 N–H and O–H groups in total. The van der Waals surface area contributed by atoms with Crippen molar-refractivity contribution in [3.63, 3.8) is 0 Å². The summed E-state index contributed by atoms with van der Waals surface area (Å²) in [4.78, 5) is 11.4. The lowest BCUT2D eigenvalue weighted by Crippen LogP contribution is -2.51. The zero-order valence-corrected chi connectivity index (χ0v) is 13.5. The van der Waals surface area contributed by atoms with Gasteiger partial charge in [-0.3, -0.25) is 4.79 Å². The molecule has 0 aromatic heterocycles. The lowest BCUT2D eigenvalue weighted by molar-refractivity contribution is -0.143. The average molecular weight is 297 g/mol. The molecule has 0 spiro atoms. The maximum absolute atomic E-state index is 12.4. The Kier molecular flexibility index (Phi) is 5.10. The Balaban J connectivity index is 3.22. The minimum atomic E-state index is -1.36. The van der Waals surface area contributed by atoms with Crippen molar-refractivity contribution in [3.8, 4) is 0 Å². The smallest absolute Gasteiger partial charge is 0.308 e.